The molecule has 2 rings (SSSR count). The van der Waals surface area contributed by atoms with E-state index in [0.29, 0.717) is 18.9 Å². The molecule has 0 amide bonds. The highest BCUT2D eigenvalue weighted by molar-refractivity contribution is 7.89. The fourth-order valence-electron chi connectivity index (χ4n) is 2.71. The van der Waals surface area contributed by atoms with Crippen molar-refractivity contribution in [1.82, 2.24) is 4.31 Å². The lowest BCUT2D eigenvalue weighted by Crippen LogP contribution is -2.46. The molecule has 0 radical (unpaired) electrons. The van der Waals surface area contributed by atoms with Crippen molar-refractivity contribution in [2.45, 2.75) is 36.4 Å². The van der Waals surface area contributed by atoms with Crippen molar-refractivity contribution in [3.63, 3.8) is 0 Å². The third-order valence-electron chi connectivity index (χ3n) is 3.88. The number of halogens is 3. The van der Waals surface area contributed by atoms with E-state index in [4.69, 9.17) is 9.84 Å². The van der Waals surface area contributed by atoms with E-state index >= 15 is 0 Å². The van der Waals surface area contributed by atoms with Gasteiger partial charge in [0.15, 0.2) is 0 Å². The van der Waals surface area contributed by atoms with Gasteiger partial charge in [-0.25, -0.2) is 13.2 Å². The van der Waals surface area contributed by atoms with Gasteiger partial charge in [0.25, 0.3) is 0 Å². The van der Waals surface area contributed by atoms with Crippen molar-refractivity contribution in [3.8, 4) is 0 Å². The molecule has 6 nitrogen and oxygen atoms in total. The molecule has 1 unspecified atom stereocenters. The van der Waals surface area contributed by atoms with Crippen LogP contribution in [-0.4, -0.2) is 49.6 Å². The molecule has 0 saturated carbocycles. The molecular weight excluding hydrogens is 363 g/mol. The summed E-state index contributed by atoms with van der Waals surface area (Å²) in [7, 11) is -4.14. The van der Waals surface area contributed by atoms with Crippen molar-refractivity contribution in [1.29, 1.82) is 0 Å². The van der Waals surface area contributed by atoms with Gasteiger partial charge in [0.1, 0.15) is 6.61 Å². The first-order chi connectivity index (χ1) is 11.6. The monoisotopic (exact) mass is 381 g/mol. The van der Waals surface area contributed by atoms with Crippen LogP contribution in [0.3, 0.4) is 0 Å². The average molecular weight is 381 g/mol. The summed E-state index contributed by atoms with van der Waals surface area (Å²) >= 11 is 0. The number of aliphatic carboxylic acids is 1. The summed E-state index contributed by atoms with van der Waals surface area (Å²) in [5.74, 6) is -1.18. The van der Waals surface area contributed by atoms with Gasteiger partial charge in [-0.1, -0.05) is 12.5 Å². The highest BCUT2D eigenvalue weighted by atomic mass is 32.2. The minimum absolute atomic E-state index is 0.121. The lowest BCUT2D eigenvalue weighted by Gasteiger charge is -2.34. The summed E-state index contributed by atoms with van der Waals surface area (Å²) in [4.78, 5) is 10.1. The van der Waals surface area contributed by atoms with Gasteiger partial charge in [-0.2, -0.15) is 17.5 Å². The van der Waals surface area contributed by atoms with E-state index in [1.54, 1.807) is 0 Å². The van der Waals surface area contributed by atoms with Crippen LogP contribution in [0.4, 0.5) is 13.2 Å². The Morgan fingerprint density at radius 2 is 2.04 bits per heavy atom. The van der Waals surface area contributed by atoms with Gasteiger partial charge in [-0.15, -0.1) is 0 Å². The van der Waals surface area contributed by atoms with E-state index in [1.165, 1.54) is 0 Å². The molecule has 1 aromatic carbocycles. The predicted molar refractivity (Wildman–Crippen MR) is 81.4 cm³/mol. The number of piperidine rings is 1. The number of benzene rings is 1. The predicted octanol–water partition coefficient (Wildman–Crippen LogP) is 2.35. The molecule has 0 bridgehead atoms. The smallest absolute Gasteiger partial charge is 0.416 e. The van der Waals surface area contributed by atoms with Crippen LogP contribution >= 0.6 is 0 Å². The van der Waals surface area contributed by atoms with E-state index in [2.05, 4.69) is 0 Å². The molecule has 1 saturated heterocycles. The summed E-state index contributed by atoms with van der Waals surface area (Å²) < 4.78 is 70.1. The Balaban J connectivity index is 2.25. The molecule has 1 atom stereocenters. The fraction of sp³-hybridized carbons (Fsp3) is 0.533. The summed E-state index contributed by atoms with van der Waals surface area (Å²) in [5, 5.41) is 8.59. The third-order valence-corrected chi connectivity index (χ3v) is 5.82. The second kappa shape index (κ2) is 7.71. The lowest BCUT2D eigenvalue weighted by atomic mass is 10.1. The second-order valence-corrected chi connectivity index (χ2v) is 7.59. The van der Waals surface area contributed by atoms with Gasteiger partial charge in [-0.05, 0) is 31.0 Å². The molecule has 1 N–H and O–H groups in total. The van der Waals surface area contributed by atoms with E-state index < -0.39 is 45.3 Å². The Labute approximate surface area is 143 Å². The van der Waals surface area contributed by atoms with Crippen molar-refractivity contribution in [3.05, 3.63) is 29.8 Å². The Hall–Kier alpha value is -1.65. The maximum Gasteiger partial charge on any atom is 0.416 e. The number of nitrogens with zero attached hydrogens (tertiary/aromatic N) is 1. The first-order valence-corrected chi connectivity index (χ1v) is 9.05. The normalized spacial score (nSPS) is 19.7. The highest BCUT2D eigenvalue weighted by Crippen LogP contribution is 2.32. The summed E-state index contributed by atoms with van der Waals surface area (Å²) in [6.45, 7) is -0.530. The van der Waals surface area contributed by atoms with Crippen LogP contribution in [-0.2, 0) is 25.7 Å². The molecule has 0 aromatic heterocycles. The average Bonchev–Trinajstić information content (AvgIpc) is 2.54. The maximum atomic E-state index is 12.8. The zero-order valence-corrected chi connectivity index (χ0v) is 14.0. The topological polar surface area (TPSA) is 83.9 Å². The molecule has 10 heteroatoms. The number of sulfonamides is 1. The largest absolute Gasteiger partial charge is 0.480 e. The van der Waals surface area contributed by atoms with Crippen LogP contribution < -0.4 is 0 Å². The van der Waals surface area contributed by atoms with Crippen molar-refractivity contribution >= 4 is 16.0 Å². The van der Waals surface area contributed by atoms with Gasteiger partial charge in [-0.3, -0.25) is 0 Å². The van der Waals surface area contributed by atoms with Crippen LogP contribution in [0.5, 0.6) is 0 Å². The zero-order chi connectivity index (χ0) is 18.7. The molecule has 1 aliphatic heterocycles. The summed E-state index contributed by atoms with van der Waals surface area (Å²) in [5.41, 5.74) is -1.04. The third kappa shape index (κ3) is 4.93. The van der Waals surface area contributed by atoms with E-state index in [9.17, 15) is 26.4 Å². The Morgan fingerprint density at radius 1 is 1.32 bits per heavy atom. The molecule has 1 aromatic rings. The lowest BCUT2D eigenvalue weighted by molar-refractivity contribution is -0.142. The number of carboxylic acids is 1. The number of carbonyl (C=O) groups is 1. The van der Waals surface area contributed by atoms with Crippen LogP contribution in [0.1, 0.15) is 24.8 Å². The van der Waals surface area contributed by atoms with Gasteiger partial charge in [0, 0.05) is 12.6 Å². The molecule has 140 valence electrons. The van der Waals surface area contributed by atoms with Gasteiger partial charge in [0.05, 0.1) is 17.1 Å². The fourth-order valence-corrected chi connectivity index (χ4v) is 4.43. The summed E-state index contributed by atoms with van der Waals surface area (Å²) in [6, 6.07) is 2.98. The standard InChI is InChI=1S/C15H18F3NO5S/c16-15(17,18)11-4-3-6-13(8-11)25(22,23)19-7-2-1-5-12(19)9-24-10-14(20)21/h3-4,6,8,12H,1-2,5,7,9-10H2,(H,20,21). The van der Waals surface area contributed by atoms with Crippen LogP contribution in [0.15, 0.2) is 29.2 Å². The van der Waals surface area contributed by atoms with Crippen LogP contribution in [0.25, 0.3) is 0 Å². The molecule has 0 aliphatic carbocycles. The number of hydrogen-bond donors (Lipinski definition) is 1. The Morgan fingerprint density at radius 3 is 2.68 bits per heavy atom. The minimum Gasteiger partial charge on any atom is -0.480 e. The van der Waals surface area contributed by atoms with E-state index in [1.807, 2.05) is 0 Å². The van der Waals surface area contributed by atoms with Gasteiger partial charge in [0.2, 0.25) is 10.0 Å². The Bertz CT molecular complexity index is 720. The molecule has 1 fully saturated rings. The number of alkyl halides is 3. The second-order valence-electron chi connectivity index (χ2n) is 5.70. The highest BCUT2D eigenvalue weighted by Gasteiger charge is 2.36. The van der Waals surface area contributed by atoms with E-state index in [-0.39, 0.29) is 13.2 Å². The van der Waals surface area contributed by atoms with E-state index in [0.717, 1.165) is 28.9 Å². The first kappa shape index (κ1) is 19.7. The van der Waals surface area contributed by atoms with Crippen molar-refractivity contribution < 1.29 is 36.2 Å². The Kier molecular flexibility index (Phi) is 6.07. The quantitative estimate of drug-likeness (QED) is 0.818. The number of hydrogen-bond acceptors (Lipinski definition) is 4. The van der Waals surface area contributed by atoms with Crippen LogP contribution in [0, 0.1) is 0 Å². The molecule has 1 heterocycles. The maximum absolute atomic E-state index is 12.8. The van der Waals surface area contributed by atoms with Crippen LogP contribution in [0.2, 0.25) is 0 Å². The minimum atomic E-state index is -4.64. The molecule has 1 aliphatic rings. The number of ether oxygens (including phenoxy) is 1. The molecule has 25 heavy (non-hydrogen) atoms. The van der Waals surface area contributed by atoms with Crippen molar-refractivity contribution in [2.24, 2.45) is 0 Å². The van der Waals surface area contributed by atoms with Gasteiger partial charge < -0.3 is 9.84 Å². The molecular formula is C15H18F3NO5S. The SMILES string of the molecule is O=C(O)COCC1CCCCN1S(=O)(=O)c1cccc(C(F)(F)F)c1. The first-order valence-electron chi connectivity index (χ1n) is 7.61. The molecule has 0 spiro atoms. The zero-order valence-electron chi connectivity index (χ0n) is 13.2. The number of rotatable bonds is 6. The van der Waals surface area contributed by atoms with Crippen molar-refractivity contribution in [2.75, 3.05) is 19.8 Å². The summed E-state index contributed by atoms with van der Waals surface area (Å²) in [6.07, 6.45) is -2.88. The van der Waals surface area contributed by atoms with Gasteiger partial charge >= 0.3 is 12.1 Å². The number of carboxylic acid groups (broad SMARTS) is 1.